The fraction of sp³-hybridized carbons (Fsp3) is 0.923. The largest absolute Gasteiger partial charge is 0.393 e. The summed E-state index contributed by atoms with van der Waals surface area (Å²) in [5.41, 5.74) is 0. The lowest BCUT2D eigenvalue weighted by Gasteiger charge is -2.23. The third-order valence-electron chi connectivity index (χ3n) is 3.99. The van der Waals surface area contributed by atoms with E-state index in [9.17, 15) is 9.90 Å². The molecule has 2 aliphatic heterocycles. The molecule has 4 nitrogen and oxygen atoms in total. The van der Waals surface area contributed by atoms with Crippen molar-refractivity contribution in [3.05, 3.63) is 0 Å². The normalized spacial score (nSPS) is 27.4. The summed E-state index contributed by atoms with van der Waals surface area (Å²) in [7, 11) is 0. The number of carbonyl (C=O) groups is 1. The molecule has 2 atom stereocenters. The fourth-order valence-electron chi connectivity index (χ4n) is 2.65. The number of thioether (sulfide) groups is 1. The standard InChI is InChI=1S/C13H24N2O2S/c1-10(16)11-4-7-15(8-11)13(17)9-18-12-2-5-14-6-3-12/h10-12,14,16H,2-9H2,1H3. The van der Waals surface area contributed by atoms with Gasteiger partial charge in [0.05, 0.1) is 11.9 Å². The van der Waals surface area contributed by atoms with Crippen LogP contribution in [0.15, 0.2) is 0 Å². The van der Waals surface area contributed by atoms with Crippen LogP contribution in [0.1, 0.15) is 26.2 Å². The maximum Gasteiger partial charge on any atom is 0.232 e. The molecule has 0 bridgehead atoms. The van der Waals surface area contributed by atoms with Crippen molar-refractivity contribution >= 4 is 17.7 Å². The molecule has 104 valence electrons. The monoisotopic (exact) mass is 272 g/mol. The molecule has 0 aromatic carbocycles. The number of amides is 1. The molecule has 2 rings (SSSR count). The predicted octanol–water partition coefficient (Wildman–Crippen LogP) is 0.701. The van der Waals surface area contributed by atoms with Gasteiger partial charge in [-0.2, -0.15) is 0 Å². The van der Waals surface area contributed by atoms with E-state index in [0.717, 1.165) is 32.6 Å². The number of nitrogens with one attached hydrogen (secondary N) is 1. The Morgan fingerprint density at radius 1 is 1.44 bits per heavy atom. The maximum atomic E-state index is 12.1. The van der Waals surface area contributed by atoms with Crippen LogP contribution in [0.25, 0.3) is 0 Å². The van der Waals surface area contributed by atoms with E-state index in [4.69, 9.17) is 0 Å². The minimum Gasteiger partial charge on any atom is -0.393 e. The van der Waals surface area contributed by atoms with Crippen LogP contribution >= 0.6 is 11.8 Å². The summed E-state index contributed by atoms with van der Waals surface area (Å²) in [5, 5.41) is 13.5. The third kappa shape index (κ3) is 3.87. The van der Waals surface area contributed by atoms with E-state index < -0.39 is 0 Å². The Morgan fingerprint density at radius 3 is 2.78 bits per heavy atom. The molecule has 2 unspecified atom stereocenters. The van der Waals surface area contributed by atoms with E-state index >= 15 is 0 Å². The number of likely N-dealkylation sites (tertiary alicyclic amines) is 1. The lowest BCUT2D eigenvalue weighted by atomic mass is 10.0. The van der Waals surface area contributed by atoms with Gasteiger partial charge in [0, 0.05) is 24.3 Å². The topological polar surface area (TPSA) is 52.6 Å². The molecule has 2 N–H and O–H groups in total. The first-order chi connectivity index (χ1) is 8.66. The van der Waals surface area contributed by atoms with Gasteiger partial charge < -0.3 is 15.3 Å². The van der Waals surface area contributed by atoms with Gasteiger partial charge in [0.25, 0.3) is 0 Å². The van der Waals surface area contributed by atoms with E-state index in [1.165, 1.54) is 12.8 Å². The average molecular weight is 272 g/mol. The van der Waals surface area contributed by atoms with E-state index in [1.54, 1.807) is 0 Å². The Balaban J connectivity index is 1.68. The molecule has 0 aromatic heterocycles. The summed E-state index contributed by atoms with van der Waals surface area (Å²) in [5.74, 6) is 1.14. The second-order valence-electron chi connectivity index (χ2n) is 5.39. The maximum absolute atomic E-state index is 12.1. The highest BCUT2D eigenvalue weighted by molar-refractivity contribution is 8.00. The van der Waals surface area contributed by atoms with Crippen LogP contribution < -0.4 is 5.32 Å². The molecular weight excluding hydrogens is 248 g/mol. The molecule has 2 fully saturated rings. The SMILES string of the molecule is CC(O)C1CCN(C(=O)CSC2CCNCC2)C1. The third-order valence-corrected chi connectivity index (χ3v) is 5.34. The number of rotatable bonds is 4. The first-order valence-electron chi connectivity index (χ1n) is 6.95. The molecule has 2 saturated heterocycles. The van der Waals surface area contributed by atoms with Gasteiger partial charge in [-0.15, -0.1) is 11.8 Å². The fourth-order valence-corrected chi connectivity index (χ4v) is 3.78. The van der Waals surface area contributed by atoms with E-state index in [1.807, 2.05) is 23.6 Å². The van der Waals surface area contributed by atoms with E-state index in [-0.39, 0.29) is 17.9 Å². The molecule has 5 heteroatoms. The van der Waals surface area contributed by atoms with Crippen molar-refractivity contribution in [3.8, 4) is 0 Å². The minimum absolute atomic E-state index is 0.252. The number of aliphatic hydroxyl groups excluding tert-OH is 1. The Labute approximate surface area is 113 Å². The van der Waals surface area contributed by atoms with Gasteiger partial charge in [-0.25, -0.2) is 0 Å². The lowest BCUT2D eigenvalue weighted by molar-refractivity contribution is -0.127. The molecular formula is C13H24N2O2S. The lowest BCUT2D eigenvalue weighted by Crippen LogP contribution is -2.34. The van der Waals surface area contributed by atoms with Crippen LogP contribution in [-0.4, -0.2) is 59.2 Å². The van der Waals surface area contributed by atoms with Crippen LogP contribution in [0.2, 0.25) is 0 Å². The van der Waals surface area contributed by atoms with Gasteiger partial charge in [-0.3, -0.25) is 4.79 Å². The molecule has 1 amide bonds. The number of hydrogen-bond acceptors (Lipinski definition) is 4. The smallest absolute Gasteiger partial charge is 0.232 e. The molecule has 2 heterocycles. The Bertz CT molecular complexity index is 280. The van der Waals surface area contributed by atoms with Crippen LogP contribution in [0.5, 0.6) is 0 Å². The number of hydrogen-bond donors (Lipinski definition) is 2. The van der Waals surface area contributed by atoms with Crippen LogP contribution in [0, 0.1) is 5.92 Å². The van der Waals surface area contributed by atoms with Crippen molar-refractivity contribution in [2.75, 3.05) is 31.9 Å². The Hall–Kier alpha value is -0.260. The molecule has 0 spiro atoms. The van der Waals surface area contributed by atoms with Crippen molar-refractivity contribution in [2.45, 2.75) is 37.5 Å². The van der Waals surface area contributed by atoms with Crippen molar-refractivity contribution in [2.24, 2.45) is 5.92 Å². The van der Waals surface area contributed by atoms with E-state index in [2.05, 4.69) is 5.32 Å². The number of carbonyl (C=O) groups excluding carboxylic acids is 1. The predicted molar refractivity (Wildman–Crippen MR) is 74.7 cm³/mol. The van der Waals surface area contributed by atoms with Gasteiger partial charge >= 0.3 is 0 Å². The summed E-state index contributed by atoms with van der Waals surface area (Å²) in [6.45, 7) is 5.55. The second-order valence-corrected chi connectivity index (χ2v) is 6.68. The highest BCUT2D eigenvalue weighted by atomic mass is 32.2. The van der Waals surface area contributed by atoms with Gasteiger partial charge in [0.15, 0.2) is 0 Å². The van der Waals surface area contributed by atoms with Crippen molar-refractivity contribution < 1.29 is 9.90 Å². The molecule has 0 aliphatic carbocycles. The van der Waals surface area contributed by atoms with Gasteiger partial charge in [-0.05, 0) is 39.3 Å². The van der Waals surface area contributed by atoms with Crippen LogP contribution in [-0.2, 0) is 4.79 Å². The zero-order chi connectivity index (χ0) is 13.0. The highest BCUT2D eigenvalue weighted by Crippen LogP contribution is 2.23. The first-order valence-corrected chi connectivity index (χ1v) is 8.00. The molecule has 18 heavy (non-hydrogen) atoms. The second kappa shape index (κ2) is 6.78. The van der Waals surface area contributed by atoms with Crippen molar-refractivity contribution in [1.82, 2.24) is 10.2 Å². The van der Waals surface area contributed by atoms with Gasteiger partial charge in [0.2, 0.25) is 5.91 Å². The molecule has 0 radical (unpaired) electrons. The van der Waals surface area contributed by atoms with Crippen molar-refractivity contribution in [3.63, 3.8) is 0 Å². The molecule has 0 saturated carbocycles. The number of aliphatic hydroxyl groups is 1. The first kappa shape index (κ1) is 14.2. The van der Waals surface area contributed by atoms with Gasteiger partial charge in [0.1, 0.15) is 0 Å². The van der Waals surface area contributed by atoms with Gasteiger partial charge in [-0.1, -0.05) is 0 Å². The van der Waals surface area contributed by atoms with Crippen molar-refractivity contribution in [1.29, 1.82) is 0 Å². The zero-order valence-corrected chi connectivity index (χ0v) is 11.9. The number of piperidine rings is 1. The number of nitrogens with zero attached hydrogens (tertiary/aromatic N) is 1. The Kier molecular flexibility index (Phi) is 5.33. The average Bonchev–Trinajstić information content (AvgIpc) is 2.87. The zero-order valence-electron chi connectivity index (χ0n) is 11.1. The Morgan fingerprint density at radius 2 is 2.17 bits per heavy atom. The summed E-state index contributed by atoms with van der Waals surface area (Å²) in [6.07, 6.45) is 3.00. The summed E-state index contributed by atoms with van der Waals surface area (Å²) >= 11 is 1.81. The van der Waals surface area contributed by atoms with E-state index in [0.29, 0.717) is 11.0 Å². The molecule has 2 aliphatic rings. The summed E-state index contributed by atoms with van der Waals surface area (Å²) in [6, 6.07) is 0. The molecule has 0 aromatic rings. The summed E-state index contributed by atoms with van der Waals surface area (Å²) in [4.78, 5) is 14.0. The van der Waals surface area contributed by atoms with Crippen LogP contribution in [0.3, 0.4) is 0 Å². The quantitative estimate of drug-likeness (QED) is 0.791. The van der Waals surface area contributed by atoms with Crippen LogP contribution in [0.4, 0.5) is 0 Å². The minimum atomic E-state index is -0.292. The summed E-state index contributed by atoms with van der Waals surface area (Å²) < 4.78 is 0. The highest BCUT2D eigenvalue weighted by Gasteiger charge is 2.29.